The van der Waals surface area contributed by atoms with Crippen molar-refractivity contribution in [3.63, 3.8) is 0 Å². The number of nitrogens with one attached hydrogen (secondary N) is 1. The van der Waals surface area contributed by atoms with Crippen molar-refractivity contribution >= 4 is 17.3 Å². The van der Waals surface area contributed by atoms with Crippen LogP contribution >= 0.6 is 11.6 Å². The van der Waals surface area contributed by atoms with Crippen molar-refractivity contribution in [2.75, 3.05) is 11.9 Å². The van der Waals surface area contributed by atoms with Gasteiger partial charge in [0.05, 0.1) is 5.69 Å². The van der Waals surface area contributed by atoms with E-state index in [1.54, 1.807) is 12.1 Å². The minimum atomic E-state index is -4.56. The van der Waals surface area contributed by atoms with Crippen LogP contribution in [-0.2, 0) is 6.18 Å². The first-order valence-corrected chi connectivity index (χ1v) is 7.45. The molecular formula is C16H13ClF4N2. The van der Waals surface area contributed by atoms with Crippen LogP contribution in [0.5, 0.6) is 0 Å². The van der Waals surface area contributed by atoms with Gasteiger partial charge in [0.2, 0.25) is 0 Å². The number of pyridine rings is 1. The second-order valence-electron chi connectivity index (χ2n) is 5.56. The van der Waals surface area contributed by atoms with Crippen molar-refractivity contribution in [2.24, 2.45) is 5.92 Å². The third kappa shape index (κ3) is 3.58. The summed E-state index contributed by atoms with van der Waals surface area (Å²) in [6.45, 7) is 0.394. The molecule has 0 saturated heterocycles. The number of hydrogen-bond donors (Lipinski definition) is 1. The fraction of sp³-hybridized carbons (Fsp3) is 0.312. The molecule has 1 N–H and O–H groups in total. The SMILES string of the molecule is Fc1ccc([C@H]2C[C@@H]2CNc2ccnc(Cl)c2C(F)(F)F)cc1. The van der Waals surface area contributed by atoms with Crippen LogP contribution in [0.1, 0.15) is 23.5 Å². The maximum atomic E-state index is 13.0. The highest BCUT2D eigenvalue weighted by Gasteiger charge is 2.40. The molecule has 1 fully saturated rings. The molecule has 2 aromatic rings. The predicted molar refractivity (Wildman–Crippen MR) is 80.0 cm³/mol. The summed E-state index contributed by atoms with van der Waals surface area (Å²) in [5, 5.41) is 2.25. The standard InChI is InChI=1S/C16H13ClF4N2/c17-15-14(16(19,20)21)13(5-6-22-15)23-8-10-7-12(10)9-1-3-11(18)4-2-9/h1-6,10,12H,7-8H2,(H,22,23)/t10-,12-/m1/s1. The van der Waals surface area contributed by atoms with Gasteiger partial charge in [-0.3, -0.25) is 0 Å². The summed E-state index contributed by atoms with van der Waals surface area (Å²) in [6.07, 6.45) is -2.46. The molecule has 1 aliphatic rings. The number of hydrogen-bond acceptors (Lipinski definition) is 2. The predicted octanol–water partition coefficient (Wildman–Crippen LogP) is 5.11. The van der Waals surface area contributed by atoms with Gasteiger partial charge in [0.15, 0.2) is 0 Å². The van der Waals surface area contributed by atoms with Gasteiger partial charge < -0.3 is 5.32 Å². The van der Waals surface area contributed by atoms with E-state index in [0.717, 1.165) is 12.0 Å². The average molecular weight is 345 g/mol. The number of benzene rings is 1. The van der Waals surface area contributed by atoms with Crippen molar-refractivity contribution < 1.29 is 17.6 Å². The van der Waals surface area contributed by atoms with Crippen molar-refractivity contribution in [3.8, 4) is 0 Å². The van der Waals surface area contributed by atoms with Crippen LogP contribution in [0.25, 0.3) is 0 Å². The molecule has 2 atom stereocenters. The Balaban J connectivity index is 1.67. The minimum absolute atomic E-state index is 0.0674. The third-order valence-corrected chi connectivity index (χ3v) is 4.25. The van der Waals surface area contributed by atoms with Crippen LogP contribution in [0.15, 0.2) is 36.5 Å². The van der Waals surface area contributed by atoms with Gasteiger partial charge in [0, 0.05) is 12.7 Å². The molecule has 1 aliphatic carbocycles. The highest BCUT2D eigenvalue weighted by atomic mass is 35.5. The zero-order valence-corrected chi connectivity index (χ0v) is 12.6. The Morgan fingerprint density at radius 2 is 1.87 bits per heavy atom. The Morgan fingerprint density at radius 1 is 1.17 bits per heavy atom. The number of anilines is 1. The zero-order chi connectivity index (χ0) is 16.6. The average Bonchev–Trinajstić information content (AvgIpc) is 3.24. The van der Waals surface area contributed by atoms with Gasteiger partial charge in [-0.1, -0.05) is 23.7 Å². The van der Waals surface area contributed by atoms with Crippen LogP contribution in [0, 0.1) is 11.7 Å². The number of halogens is 5. The Hall–Kier alpha value is -1.82. The molecule has 3 rings (SSSR count). The number of aromatic nitrogens is 1. The molecule has 0 radical (unpaired) electrons. The van der Waals surface area contributed by atoms with E-state index in [-0.39, 0.29) is 23.3 Å². The fourth-order valence-electron chi connectivity index (χ4n) is 2.69. The van der Waals surface area contributed by atoms with E-state index in [1.807, 2.05) is 0 Å². The Labute approximate surface area is 135 Å². The first-order chi connectivity index (χ1) is 10.9. The smallest absolute Gasteiger partial charge is 0.384 e. The van der Waals surface area contributed by atoms with Gasteiger partial charge in [-0.25, -0.2) is 9.37 Å². The van der Waals surface area contributed by atoms with E-state index >= 15 is 0 Å². The van der Waals surface area contributed by atoms with E-state index < -0.39 is 16.9 Å². The van der Waals surface area contributed by atoms with E-state index in [0.29, 0.717) is 6.54 Å². The Kier molecular flexibility index (Phi) is 4.19. The Morgan fingerprint density at radius 3 is 2.52 bits per heavy atom. The summed E-state index contributed by atoms with van der Waals surface area (Å²) in [5.74, 6) is 0.161. The Bertz CT molecular complexity index is 700. The summed E-state index contributed by atoms with van der Waals surface area (Å²) in [5.41, 5.74) is -0.00934. The summed E-state index contributed by atoms with van der Waals surface area (Å²) >= 11 is 5.58. The molecule has 1 aromatic heterocycles. The molecular weight excluding hydrogens is 332 g/mol. The molecule has 0 bridgehead atoms. The highest BCUT2D eigenvalue weighted by molar-refractivity contribution is 6.30. The van der Waals surface area contributed by atoms with Gasteiger partial charge in [0.25, 0.3) is 0 Å². The van der Waals surface area contributed by atoms with E-state index in [4.69, 9.17) is 11.6 Å². The van der Waals surface area contributed by atoms with Crippen molar-refractivity contribution in [2.45, 2.75) is 18.5 Å². The van der Waals surface area contributed by atoms with Crippen LogP contribution in [0.2, 0.25) is 5.15 Å². The van der Waals surface area contributed by atoms with Gasteiger partial charge in [0.1, 0.15) is 16.5 Å². The molecule has 1 aromatic carbocycles. The minimum Gasteiger partial charge on any atom is -0.384 e. The van der Waals surface area contributed by atoms with Gasteiger partial charge in [-0.2, -0.15) is 13.2 Å². The lowest BCUT2D eigenvalue weighted by Crippen LogP contribution is -2.14. The lowest BCUT2D eigenvalue weighted by Gasteiger charge is -2.15. The molecule has 122 valence electrons. The van der Waals surface area contributed by atoms with Crippen molar-refractivity contribution in [1.29, 1.82) is 0 Å². The largest absolute Gasteiger partial charge is 0.421 e. The number of rotatable bonds is 4. The molecule has 7 heteroatoms. The molecule has 0 aliphatic heterocycles. The first kappa shape index (κ1) is 16.1. The molecule has 0 amide bonds. The summed E-state index contributed by atoms with van der Waals surface area (Å²) < 4.78 is 52.0. The van der Waals surface area contributed by atoms with Crippen LogP contribution < -0.4 is 5.32 Å². The third-order valence-electron chi connectivity index (χ3n) is 3.96. The van der Waals surface area contributed by atoms with E-state index in [2.05, 4.69) is 10.3 Å². The maximum Gasteiger partial charge on any atom is 0.421 e. The zero-order valence-electron chi connectivity index (χ0n) is 11.9. The molecule has 0 unspecified atom stereocenters. The summed E-state index contributed by atoms with van der Waals surface area (Å²) in [7, 11) is 0. The van der Waals surface area contributed by atoms with Crippen LogP contribution in [0.4, 0.5) is 23.2 Å². The number of nitrogens with zero attached hydrogens (tertiary/aromatic N) is 1. The van der Waals surface area contributed by atoms with Crippen molar-refractivity contribution in [1.82, 2.24) is 4.98 Å². The van der Waals surface area contributed by atoms with Crippen LogP contribution in [0.3, 0.4) is 0 Å². The second kappa shape index (κ2) is 6.00. The highest BCUT2D eigenvalue weighted by Crippen LogP contribution is 2.48. The van der Waals surface area contributed by atoms with Gasteiger partial charge in [-0.05, 0) is 42.0 Å². The lowest BCUT2D eigenvalue weighted by molar-refractivity contribution is -0.137. The number of alkyl halides is 3. The molecule has 1 saturated carbocycles. The maximum absolute atomic E-state index is 13.0. The lowest BCUT2D eigenvalue weighted by atomic mass is 10.1. The normalized spacial score (nSPS) is 20.4. The topological polar surface area (TPSA) is 24.9 Å². The van der Waals surface area contributed by atoms with E-state index in [9.17, 15) is 17.6 Å². The van der Waals surface area contributed by atoms with E-state index in [1.165, 1.54) is 24.4 Å². The second-order valence-corrected chi connectivity index (χ2v) is 5.91. The molecule has 1 heterocycles. The fourth-order valence-corrected chi connectivity index (χ4v) is 2.95. The molecule has 2 nitrogen and oxygen atoms in total. The van der Waals surface area contributed by atoms with Gasteiger partial charge in [-0.15, -0.1) is 0 Å². The first-order valence-electron chi connectivity index (χ1n) is 7.07. The van der Waals surface area contributed by atoms with Crippen molar-refractivity contribution in [3.05, 3.63) is 58.6 Å². The summed E-state index contributed by atoms with van der Waals surface area (Å²) in [6, 6.07) is 7.48. The van der Waals surface area contributed by atoms with Gasteiger partial charge >= 0.3 is 6.18 Å². The molecule has 0 spiro atoms. The molecule has 23 heavy (non-hydrogen) atoms. The summed E-state index contributed by atoms with van der Waals surface area (Å²) in [4.78, 5) is 3.49. The quantitative estimate of drug-likeness (QED) is 0.616. The van der Waals surface area contributed by atoms with Crippen LogP contribution in [-0.4, -0.2) is 11.5 Å². The monoisotopic (exact) mass is 344 g/mol.